The molecule has 0 radical (unpaired) electrons. The molecule has 4 N–H and O–H groups in total. The van der Waals surface area contributed by atoms with Crippen LogP contribution in [-0.4, -0.2) is 44.7 Å². The molecule has 4 aromatic rings. The second-order valence-corrected chi connectivity index (χ2v) is 11.0. The van der Waals surface area contributed by atoms with Crippen LogP contribution in [0.1, 0.15) is 37.9 Å². The van der Waals surface area contributed by atoms with Crippen molar-refractivity contribution in [3.8, 4) is 24.0 Å². The van der Waals surface area contributed by atoms with Crippen LogP contribution < -0.4 is 10.6 Å². The molecule has 9 nitrogen and oxygen atoms in total. The van der Waals surface area contributed by atoms with E-state index in [4.69, 9.17) is 11.2 Å². The topological polar surface area (TPSA) is 128 Å². The first kappa shape index (κ1) is 30.5. The summed E-state index contributed by atoms with van der Waals surface area (Å²) < 4.78 is 5.39. The first-order chi connectivity index (χ1) is 20.4. The third kappa shape index (κ3) is 8.05. The Morgan fingerprint density at radius 2 is 1.49 bits per heavy atom. The van der Waals surface area contributed by atoms with Crippen LogP contribution in [0.5, 0.6) is 11.5 Å². The van der Waals surface area contributed by atoms with E-state index < -0.39 is 35.6 Å². The maximum Gasteiger partial charge on any atom is 0.408 e. The molecule has 0 aliphatic carbocycles. The lowest BCUT2D eigenvalue weighted by molar-refractivity contribution is -0.136. The predicted molar refractivity (Wildman–Crippen MR) is 164 cm³/mol. The van der Waals surface area contributed by atoms with Gasteiger partial charge in [-0.15, -0.1) is 0 Å². The van der Waals surface area contributed by atoms with E-state index in [0.29, 0.717) is 16.8 Å². The quantitative estimate of drug-likeness (QED) is 0.162. The Balaban J connectivity index is 1.70. The molecule has 2 atom stereocenters. The Morgan fingerprint density at radius 3 is 2.09 bits per heavy atom. The van der Waals surface area contributed by atoms with E-state index in [2.05, 4.69) is 16.7 Å². The predicted octanol–water partition coefficient (Wildman–Crippen LogP) is 5.49. The lowest BCUT2D eigenvalue weighted by Gasteiger charge is -2.30. The van der Waals surface area contributed by atoms with Gasteiger partial charge in [0.15, 0.2) is 0 Å². The van der Waals surface area contributed by atoms with Gasteiger partial charge in [-0.3, -0.25) is 14.5 Å². The molecule has 0 spiro atoms. The van der Waals surface area contributed by atoms with E-state index in [9.17, 15) is 24.6 Å². The Bertz CT molecular complexity index is 1650. The largest absolute Gasteiger partial charge is 0.508 e. The van der Waals surface area contributed by atoms with Gasteiger partial charge >= 0.3 is 6.09 Å². The number of hydrogen-bond acceptors (Lipinski definition) is 6. The molecule has 4 aromatic carbocycles. The summed E-state index contributed by atoms with van der Waals surface area (Å²) in [5, 5.41) is 26.9. The Morgan fingerprint density at radius 1 is 0.884 bits per heavy atom. The maximum absolute atomic E-state index is 14.1. The van der Waals surface area contributed by atoms with Crippen LogP contribution >= 0.6 is 0 Å². The van der Waals surface area contributed by atoms with Gasteiger partial charge in [0.25, 0.3) is 11.8 Å². The molecular formula is C34H33N3O6. The summed E-state index contributed by atoms with van der Waals surface area (Å²) in [7, 11) is 0. The first-order valence-electron chi connectivity index (χ1n) is 13.6. The van der Waals surface area contributed by atoms with Crippen molar-refractivity contribution in [2.24, 2.45) is 0 Å². The zero-order valence-corrected chi connectivity index (χ0v) is 24.1. The number of phenols is 2. The number of nitrogens with zero attached hydrogens (tertiary/aromatic N) is 1. The molecule has 0 saturated heterocycles. The summed E-state index contributed by atoms with van der Waals surface area (Å²) in [6, 6.07) is 24.7. The summed E-state index contributed by atoms with van der Waals surface area (Å²) in [5.41, 5.74) is 0.606. The number of benzene rings is 4. The second kappa shape index (κ2) is 13.0. The van der Waals surface area contributed by atoms with Crippen LogP contribution in [0.3, 0.4) is 0 Å². The molecule has 0 aromatic heterocycles. The van der Waals surface area contributed by atoms with Crippen molar-refractivity contribution in [2.75, 3.05) is 5.32 Å². The third-order valence-electron chi connectivity index (χ3n) is 6.47. The minimum absolute atomic E-state index is 0.00880. The number of ether oxygens (including phenoxy) is 1. The number of amides is 3. The molecule has 0 aliphatic rings. The third-order valence-corrected chi connectivity index (χ3v) is 6.47. The highest BCUT2D eigenvalue weighted by atomic mass is 16.6. The van der Waals surface area contributed by atoms with Crippen molar-refractivity contribution in [3.05, 3.63) is 102 Å². The molecule has 220 valence electrons. The Labute approximate surface area is 250 Å². The average Bonchev–Trinajstić information content (AvgIpc) is 2.96. The number of aromatic hydroxyl groups is 2. The van der Waals surface area contributed by atoms with Crippen molar-refractivity contribution >= 4 is 34.4 Å². The Kier molecular flexibility index (Phi) is 9.21. The van der Waals surface area contributed by atoms with Crippen LogP contribution in [0, 0.1) is 12.5 Å². The van der Waals surface area contributed by atoms with E-state index in [1.165, 1.54) is 36.4 Å². The van der Waals surface area contributed by atoms with Gasteiger partial charge in [0.05, 0.1) is 0 Å². The fourth-order valence-electron chi connectivity index (χ4n) is 4.50. The fourth-order valence-corrected chi connectivity index (χ4v) is 4.50. The molecule has 0 saturated carbocycles. The summed E-state index contributed by atoms with van der Waals surface area (Å²) in [4.78, 5) is 41.7. The number of alkyl carbamates (subject to hydrolysis) is 1. The van der Waals surface area contributed by atoms with Gasteiger partial charge in [-0.2, -0.15) is 0 Å². The number of anilines is 1. The molecular weight excluding hydrogens is 546 g/mol. The average molecular weight is 580 g/mol. The van der Waals surface area contributed by atoms with Crippen molar-refractivity contribution in [1.82, 2.24) is 10.2 Å². The maximum atomic E-state index is 14.1. The minimum Gasteiger partial charge on any atom is -0.508 e. The monoisotopic (exact) mass is 579 g/mol. The van der Waals surface area contributed by atoms with Crippen molar-refractivity contribution < 1.29 is 29.3 Å². The molecule has 43 heavy (non-hydrogen) atoms. The van der Waals surface area contributed by atoms with E-state index in [-0.39, 0.29) is 17.9 Å². The van der Waals surface area contributed by atoms with Crippen molar-refractivity contribution in [2.45, 2.75) is 44.9 Å². The first-order valence-corrected chi connectivity index (χ1v) is 13.6. The number of nitrogens with one attached hydrogen (secondary N) is 2. The van der Waals surface area contributed by atoms with Gasteiger partial charge in [0.2, 0.25) is 0 Å². The normalized spacial score (nSPS) is 12.4. The second-order valence-electron chi connectivity index (χ2n) is 11.0. The summed E-state index contributed by atoms with van der Waals surface area (Å²) >= 11 is 0. The standard InChI is InChI=1S/C34H33N3O6/c1-5-37(32(41)29(36-33(42)43-34(2,3)4)20-22-10-16-27(38)17-11-22)30(24-13-18-28(39)19-14-24)31(40)35-26-15-12-23-8-6-7-9-25(23)21-26/h1,6-19,21,29-30,38-39H,20H2,2-4H3,(H,35,40)(H,36,42). The molecule has 0 aliphatic heterocycles. The number of fused-ring (bicyclic) bond motifs is 1. The van der Waals surface area contributed by atoms with E-state index in [1.54, 1.807) is 45.0 Å². The number of carbonyl (C=O) groups excluding carboxylic acids is 3. The summed E-state index contributed by atoms with van der Waals surface area (Å²) in [6.45, 7) is 5.07. The zero-order chi connectivity index (χ0) is 31.1. The summed E-state index contributed by atoms with van der Waals surface area (Å²) in [5.74, 6) is -1.34. The number of rotatable bonds is 8. The van der Waals surface area contributed by atoms with E-state index in [1.807, 2.05) is 30.3 Å². The number of phenolic OH excluding ortho intramolecular Hbond substituents is 2. The van der Waals surface area contributed by atoms with Crippen LogP contribution in [0.4, 0.5) is 10.5 Å². The number of terminal acetylenes is 1. The fraction of sp³-hybridized carbons (Fsp3) is 0.206. The van der Waals surface area contributed by atoms with Crippen LogP contribution in [0.25, 0.3) is 10.8 Å². The van der Waals surface area contributed by atoms with Gasteiger partial charge in [0.1, 0.15) is 29.2 Å². The molecule has 0 fully saturated rings. The molecule has 0 heterocycles. The van der Waals surface area contributed by atoms with Crippen molar-refractivity contribution in [1.29, 1.82) is 0 Å². The number of carbonyl (C=O) groups is 3. The highest BCUT2D eigenvalue weighted by Gasteiger charge is 2.36. The van der Waals surface area contributed by atoms with E-state index in [0.717, 1.165) is 15.7 Å². The molecule has 3 amide bonds. The highest BCUT2D eigenvalue weighted by Crippen LogP contribution is 2.27. The SMILES string of the molecule is C#CN(C(=O)C(Cc1ccc(O)cc1)NC(=O)OC(C)(C)C)C(C(=O)Nc1ccc2ccccc2c1)c1ccc(O)cc1. The smallest absolute Gasteiger partial charge is 0.408 e. The number of hydrogen-bond donors (Lipinski definition) is 4. The van der Waals surface area contributed by atoms with Crippen molar-refractivity contribution in [3.63, 3.8) is 0 Å². The van der Waals surface area contributed by atoms with Crippen LogP contribution in [-0.2, 0) is 20.7 Å². The lowest BCUT2D eigenvalue weighted by atomic mass is 10.0. The van der Waals surface area contributed by atoms with Gasteiger partial charge in [-0.25, -0.2) is 4.79 Å². The van der Waals surface area contributed by atoms with Gasteiger partial charge in [-0.1, -0.05) is 61.0 Å². The zero-order valence-electron chi connectivity index (χ0n) is 24.1. The Hall–Kier alpha value is -5.49. The molecule has 2 unspecified atom stereocenters. The van der Waals surface area contributed by atoms with Crippen LogP contribution in [0.2, 0.25) is 0 Å². The molecule has 0 bridgehead atoms. The van der Waals surface area contributed by atoms with Gasteiger partial charge in [0, 0.05) is 18.2 Å². The highest BCUT2D eigenvalue weighted by molar-refractivity contribution is 6.01. The minimum atomic E-state index is -1.33. The van der Waals surface area contributed by atoms with Gasteiger partial charge < -0.3 is 25.6 Å². The molecule has 9 heteroatoms. The molecule has 4 rings (SSSR count). The van der Waals surface area contributed by atoms with E-state index >= 15 is 0 Å². The van der Waals surface area contributed by atoms with Crippen LogP contribution in [0.15, 0.2) is 91.0 Å². The summed E-state index contributed by atoms with van der Waals surface area (Å²) in [6.07, 6.45) is 5.03. The lowest BCUT2D eigenvalue weighted by Crippen LogP contribution is -2.51. The van der Waals surface area contributed by atoms with Gasteiger partial charge in [-0.05, 0) is 79.1 Å².